The van der Waals surface area contributed by atoms with Crippen LogP contribution in [0.1, 0.15) is 245 Å². The van der Waals surface area contributed by atoms with E-state index in [1.54, 1.807) is 0 Å². The number of hydrogen-bond donors (Lipinski definition) is 0. The minimum absolute atomic E-state index is 0.0271. The van der Waals surface area contributed by atoms with E-state index >= 15 is 0 Å². The Morgan fingerprint density at radius 1 is 0.500 bits per heavy atom. The summed E-state index contributed by atoms with van der Waals surface area (Å²) >= 11 is 0. The second-order valence-corrected chi connectivity index (χ2v) is 17.0. The second kappa shape index (κ2) is 43.5. The van der Waals surface area contributed by atoms with Gasteiger partial charge in [0.15, 0.2) is 12.6 Å². The predicted octanol–water partition coefficient (Wildman–Crippen LogP) is 13.9. The standard InChI is InChI=1S/C26H50O4.C26H42O4/c2*1-3-4-19-24(30-26-22-17-18-23-29-26)20-15-13-11-9-7-5-6-8-10-12-14-16-21-25(27)28-2/h24,26H,3-23H2,1-2H3;24,26H,3-9,11,13-14,16-19,21-23H2,1-2H3/t2*24-,26?/m11/s1. The summed E-state index contributed by atoms with van der Waals surface area (Å²) in [5.41, 5.74) is 0. The zero-order valence-corrected chi connectivity index (χ0v) is 39.4. The molecule has 2 rings (SSSR count). The molecule has 2 saturated heterocycles. The van der Waals surface area contributed by atoms with Crippen molar-refractivity contribution in [3.63, 3.8) is 0 Å². The van der Waals surface area contributed by atoms with Crippen LogP contribution in [0.2, 0.25) is 0 Å². The normalized spacial score (nSPS) is 17.2. The molecule has 2 unspecified atom stereocenters. The number of methoxy groups -OCH3 is 2. The van der Waals surface area contributed by atoms with Gasteiger partial charge < -0.3 is 28.4 Å². The third kappa shape index (κ3) is 36.5. The van der Waals surface area contributed by atoms with Crippen molar-refractivity contribution in [1.82, 2.24) is 0 Å². The number of hydrogen-bond acceptors (Lipinski definition) is 8. The zero-order valence-electron chi connectivity index (χ0n) is 39.4. The molecule has 348 valence electrons. The molecule has 2 aliphatic heterocycles. The Balaban J connectivity index is 0.000000600. The van der Waals surface area contributed by atoms with Gasteiger partial charge in [-0.15, -0.1) is 17.8 Å². The highest BCUT2D eigenvalue weighted by molar-refractivity contribution is 5.69. The second-order valence-electron chi connectivity index (χ2n) is 17.0. The average Bonchev–Trinajstić information content (AvgIpc) is 3.27. The van der Waals surface area contributed by atoms with Crippen molar-refractivity contribution in [2.24, 2.45) is 0 Å². The van der Waals surface area contributed by atoms with Gasteiger partial charge in [0.05, 0.1) is 20.3 Å². The van der Waals surface area contributed by atoms with Crippen LogP contribution >= 0.6 is 0 Å². The van der Waals surface area contributed by atoms with Crippen LogP contribution in [0, 0.1) is 23.7 Å². The fourth-order valence-electron chi connectivity index (χ4n) is 7.57. The van der Waals surface area contributed by atoms with Crippen molar-refractivity contribution in [1.29, 1.82) is 0 Å². The highest BCUT2D eigenvalue weighted by atomic mass is 16.7. The molecule has 8 nitrogen and oxygen atoms in total. The summed E-state index contributed by atoms with van der Waals surface area (Å²) < 4.78 is 33.1. The molecule has 0 amide bonds. The summed E-state index contributed by atoms with van der Waals surface area (Å²) in [6, 6.07) is 0. The number of esters is 2. The lowest BCUT2D eigenvalue weighted by Gasteiger charge is -2.28. The van der Waals surface area contributed by atoms with Crippen LogP contribution in [0.15, 0.2) is 0 Å². The van der Waals surface area contributed by atoms with Crippen molar-refractivity contribution >= 4 is 11.9 Å². The van der Waals surface area contributed by atoms with Crippen molar-refractivity contribution in [3.05, 3.63) is 0 Å². The molecule has 0 aromatic rings. The molecule has 0 N–H and O–H groups in total. The Hall–Kier alpha value is -2.10. The summed E-state index contributed by atoms with van der Waals surface area (Å²) in [6.45, 7) is 6.16. The number of unbranched alkanes of at least 4 members (excludes halogenated alkanes) is 20. The fourth-order valence-corrected chi connectivity index (χ4v) is 7.57. The van der Waals surface area contributed by atoms with Gasteiger partial charge in [0.1, 0.15) is 6.10 Å². The van der Waals surface area contributed by atoms with E-state index < -0.39 is 0 Å². The molecule has 2 heterocycles. The Morgan fingerprint density at radius 3 is 1.45 bits per heavy atom. The molecule has 0 bridgehead atoms. The first kappa shape index (κ1) is 55.9. The highest BCUT2D eigenvalue weighted by Crippen LogP contribution is 2.22. The molecule has 0 saturated carbocycles. The van der Waals surface area contributed by atoms with Gasteiger partial charge in [0.25, 0.3) is 0 Å². The van der Waals surface area contributed by atoms with Gasteiger partial charge in [-0.25, -0.2) is 0 Å². The highest BCUT2D eigenvalue weighted by Gasteiger charge is 2.20. The van der Waals surface area contributed by atoms with Crippen LogP contribution in [-0.2, 0) is 38.0 Å². The third-order valence-corrected chi connectivity index (χ3v) is 11.4. The van der Waals surface area contributed by atoms with Gasteiger partial charge in [0, 0.05) is 45.3 Å². The van der Waals surface area contributed by atoms with Gasteiger partial charge in [-0.05, 0) is 83.5 Å². The molecular weight excluding hydrogens is 753 g/mol. The minimum Gasteiger partial charge on any atom is -0.469 e. The van der Waals surface area contributed by atoms with Gasteiger partial charge in [0.2, 0.25) is 0 Å². The van der Waals surface area contributed by atoms with Crippen LogP contribution < -0.4 is 0 Å². The number of ether oxygens (including phenoxy) is 6. The van der Waals surface area contributed by atoms with E-state index in [0.29, 0.717) is 18.9 Å². The SMILES string of the molecule is CCCC[C@H](C#CCCCCCCCC#CCCCC(=O)OC)OC1CCCCO1.CCCC[C@H](CCCCCCCCCCCCCCC(=O)OC)OC1CCCCO1. The largest absolute Gasteiger partial charge is 0.469 e. The molecule has 2 aliphatic rings. The quantitative estimate of drug-likeness (QED) is 0.0359. The smallest absolute Gasteiger partial charge is 0.305 e. The van der Waals surface area contributed by atoms with Crippen molar-refractivity contribution in [2.75, 3.05) is 27.4 Å². The lowest BCUT2D eigenvalue weighted by Crippen LogP contribution is -2.28. The summed E-state index contributed by atoms with van der Waals surface area (Å²) in [5.74, 6) is 12.8. The van der Waals surface area contributed by atoms with Gasteiger partial charge in [-0.1, -0.05) is 135 Å². The van der Waals surface area contributed by atoms with Crippen molar-refractivity contribution < 1.29 is 38.0 Å². The fraction of sp³-hybridized carbons (Fsp3) is 0.885. The van der Waals surface area contributed by atoms with Crippen LogP contribution in [0.3, 0.4) is 0 Å². The van der Waals surface area contributed by atoms with Gasteiger partial charge in [-0.3, -0.25) is 9.59 Å². The number of rotatable bonds is 34. The molecule has 0 radical (unpaired) electrons. The summed E-state index contributed by atoms with van der Waals surface area (Å²) in [6.07, 6.45) is 41.7. The molecule has 8 heteroatoms. The van der Waals surface area contributed by atoms with E-state index in [9.17, 15) is 9.59 Å². The van der Waals surface area contributed by atoms with Crippen LogP contribution in [0.5, 0.6) is 0 Å². The zero-order chi connectivity index (χ0) is 43.4. The summed E-state index contributed by atoms with van der Waals surface area (Å²) in [5, 5.41) is 0. The average molecular weight is 845 g/mol. The van der Waals surface area contributed by atoms with E-state index in [2.05, 4.69) is 47.0 Å². The minimum atomic E-state index is -0.149. The topological polar surface area (TPSA) is 89.5 Å². The Bertz CT molecular complexity index is 1090. The summed E-state index contributed by atoms with van der Waals surface area (Å²) in [7, 11) is 2.89. The molecular formula is C52H92O8. The lowest BCUT2D eigenvalue weighted by atomic mass is 10.0. The maximum Gasteiger partial charge on any atom is 0.305 e. The van der Waals surface area contributed by atoms with Gasteiger partial charge >= 0.3 is 11.9 Å². The van der Waals surface area contributed by atoms with Crippen molar-refractivity contribution in [3.8, 4) is 23.7 Å². The van der Waals surface area contributed by atoms with E-state index in [4.69, 9.17) is 18.9 Å². The molecule has 4 atom stereocenters. The molecule has 0 spiro atoms. The number of carbonyl (C=O) groups excluding carboxylic acids is 2. The maximum absolute atomic E-state index is 11.0. The molecule has 60 heavy (non-hydrogen) atoms. The van der Waals surface area contributed by atoms with E-state index in [1.807, 2.05) is 0 Å². The maximum atomic E-state index is 11.0. The first-order chi connectivity index (χ1) is 29.5. The molecule has 2 fully saturated rings. The van der Waals surface area contributed by atoms with E-state index in [0.717, 1.165) is 96.7 Å². The molecule has 0 aliphatic carbocycles. The first-order valence-corrected chi connectivity index (χ1v) is 25.1. The lowest BCUT2D eigenvalue weighted by molar-refractivity contribution is -0.190. The van der Waals surface area contributed by atoms with Crippen LogP contribution in [0.25, 0.3) is 0 Å². The Morgan fingerprint density at radius 2 is 0.933 bits per heavy atom. The van der Waals surface area contributed by atoms with Crippen LogP contribution in [0.4, 0.5) is 0 Å². The Kier molecular flexibility index (Phi) is 40.6. The third-order valence-electron chi connectivity index (χ3n) is 11.4. The number of carbonyl (C=O) groups is 2. The van der Waals surface area contributed by atoms with Crippen molar-refractivity contribution in [2.45, 2.75) is 270 Å². The van der Waals surface area contributed by atoms with Crippen LogP contribution in [-0.4, -0.2) is 64.2 Å². The van der Waals surface area contributed by atoms with E-state index in [1.165, 1.54) is 149 Å². The van der Waals surface area contributed by atoms with E-state index in [-0.39, 0.29) is 30.6 Å². The first-order valence-electron chi connectivity index (χ1n) is 25.1. The monoisotopic (exact) mass is 845 g/mol. The summed E-state index contributed by atoms with van der Waals surface area (Å²) in [4.78, 5) is 22.0. The predicted molar refractivity (Wildman–Crippen MR) is 246 cm³/mol. The molecule has 0 aromatic carbocycles. The molecule has 0 aromatic heterocycles. The van der Waals surface area contributed by atoms with Gasteiger partial charge in [-0.2, -0.15) is 0 Å². The Labute approximate surface area is 369 Å².